The molecule has 2 aliphatic rings. The molecule has 2 aliphatic heterocycles. The predicted molar refractivity (Wildman–Crippen MR) is 74.9 cm³/mol. The van der Waals surface area contributed by atoms with Gasteiger partial charge in [-0.2, -0.15) is 0 Å². The van der Waals surface area contributed by atoms with Gasteiger partial charge < -0.3 is 4.90 Å². The highest BCUT2D eigenvalue weighted by Crippen LogP contribution is 2.32. The molecule has 0 radical (unpaired) electrons. The predicted octanol–water partition coefficient (Wildman–Crippen LogP) is 4.57. The van der Waals surface area contributed by atoms with Crippen LogP contribution in [0, 0.1) is 11.8 Å². The van der Waals surface area contributed by atoms with Crippen LogP contribution in [0.2, 0.25) is 0 Å². The second kappa shape index (κ2) is 9.04. The highest BCUT2D eigenvalue weighted by Gasteiger charge is 2.32. The Hall–Kier alpha value is -0.0400. The summed E-state index contributed by atoms with van der Waals surface area (Å²) in [5.74, 6) is 1.88. The lowest BCUT2D eigenvalue weighted by Crippen LogP contribution is -2.40. The lowest BCUT2D eigenvalue weighted by Gasteiger charge is -2.36. The summed E-state index contributed by atoms with van der Waals surface area (Å²) in [6.07, 6.45) is 5.89. The Balaban J connectivity index is 0.000000509. The summed E-state index contributed by atoms with van der Waals surface area (Å²) in [7, 11) is 0. The lowest BCUT2D eigenvalue weighted by molar-refractivity contribution is 0.122. The van der Waals surface area contributed by atoms with E-state index in [1.165, 1.54) is 38.8 Å². The van der Waals surface area contributed by atoms with E-state index in [0.717, 1.165) is 17.9 Å². The minimum Gasteiger partial charge on any atom is -0.300 e. The van der Waals surface area contributed by atoms with E-state index in [2.05, 4.69) is 18.7 Å². The molecule has 2 saturated heterocycles. The summed E-state index contributed by atoms with van der Waals surface area (Å²) in [4.78, 5) is 2.73. The zero-order chi connectivity index (χ0) is 12.6. The summed E-state index contributed by atoms with van der Waals surface area (Å²) in [6, 6.07) is 0.972. The third-order valence-electron chi connectivity index (χ3n) is 3.78. The quantitative estimate of drug-likeness (QED) is 0.634. The van der Waals surface area contributed by atoms with Gasteiger partial charge in [0, 0.05) is 12.6 Å². The van der Waals surface area contributed by atoms with E-state index in [9.17, 15) is 0 Å². The zero-order valence-corrected chi connectivity index (χ0v) is 12.4. The van der Waals surface area contributed by atoms with E-state index in [-0.39, 0.29) is 0 Å². The van der Waals surface area contributed by atoms with Gasteiger partial charge in [0.15, 0.2) is 0 Å². The Morgan fingerprint density at radius 2 is 1.56 bits per heavy atom. The third kappa shape index (κ3) is 4.45. The summed E-state index contributed by atoms with van der Waals surface area (Å²) in [6.45, 7) is 15.5. The molecule has 16 heavy (non-hydrogen) atoms. The maximum Gasteiger partial charge on any atom is 0.00959 e. The van der Waals surface area contributed by atoms with E-state index in [1.54, 1.807) is 0 Å². The van der Waals surface area contributed by atoms with Crippen LogP contribution in [0.25, 0.3) is 0 Å². The molecule has 2 heterocycles. The molecule has 1 nitrogen and oxygen atoms in total. The van der Waals surface area contributed by atoms with Gasteiger partial charge in [-0.15, -0.1) is 0 Å². The molecule has 0 aromatic heterocycles. The summed E-state index contributed by atoms with van der Waals surface area (Å²) in [5.41, 5.74) is 0. The molecule has 0 aromatic rings. The molecule has 0 bridgehead atoms. The standard InChI is InChI=1S/C11H21N.2C2H6/c1-9(2)10-5-6-11-4-3-7-12(11)8-10;2*1-2/h9-11H,3-8H2,1-2H3;2*1-2H3. The number of fused-ring (bicyclic) bond motifs is 1. The number of hydrogen-bond donors (Lipinski definition) is 0. The van der Waals surface area contributed by atoms with E-state index in [4.69, 9.17) is 0 Å². The maximum absolute atomic E-state index is 2.73. The highest BCUT2D eigenvalue weighted by molar-refractivity contribution is 4.86. The molecular weight excluding hydrogens is 194 g/mol. The van der Waals surface area contributed by atoms with Crippen molar-refractivity contribution in [3.63, 3.8) is 0 Å². The molecule has 2 fully saturated rings. The highest BCUT2D eigenvalue weighted by atomic mass is 15.2. The summed E-state index contributed by atoms with van der Waals surface area (Å²) < 4.78 is 0. The van der Waals surface area contributed by atoms with Crippen molar-refractivity contribution in [3.05, 3.63) is 0 Å². The number of nitrogens with zero attached hydrogens (tertiary/aromatic N) is 1. The Morgan fingerprint density at radius 3 is 2.12 bits per heavy atom. The monoisotopic (exact) mass is 227 g/mol. The van der Waals surface area contributed by atoms with Crippen LogP contribution in [0.15, 0.2) is 0 Å². The smallest absolute Gasteiger partial charge is 0.00959 e. The van der Waals surface area contributed by atoms with Crippen molar-refractivity contribution in [1.82, 2.24) is 4.90 Å². The molecule has 0 spiro atoms. The van der Waals surface area contributed by atoms with Gasteiger partial charge in [0.2, 0.25) is 0 Å². The molecule has 0 saturated carbocycles. The van der Waals surface area contributed by atoms with Crippen LogP contribution in [0.3, 0.4) is 0 Å². The first-order valence-corrected chi connectivity index (χ1v) is 7.51. The molecule has 2 rings (SSSR count). The van der Waals surface area contributed by atoms with Crippen LogP contribution < -0.4 is 0 Å². The van der Waals surface area contributed by atoms with Crippen LogP contribution in [0.1, 0.15) is 67.2 Å². The van der Waals surface area contributed by atoms with Gasteiger partial charge in [-0.1, -0.05) is 41.5 Å². The van der Waals surface area contributed by atoms with E-state index in [0.29, 0.717) is 0 Å². The van der Waals surface area contributed by atoms with Crippen molar-refractivity contribution in [2.45, 2.75) is 73.3 Å². The lowest BCUT2D eigenvalue weighted by atomic mass is 9.85. The van der Waals surface area contributed by atoms with Crippen LogP contribution in [0.4, 0.5) is 0 Å². The Morgan fingerprint density at radius 1 is 0.938 bits per heavy atom. The average Bonchev–Trinajstić information content (AvgIpc) is 2.81. The first-order chi connectivity index (χ1) is 7.77. The van der Waals surface area contributed by atoms with Gasteiger partial charge in [-0.05, 0) is 44.1 Å². The largest absolute Gasteiger partial charge is 0.300 e. The molecule has 2 unspecified atom stereocenters. The molecule has 0 N–H and O–H groups in total. The van der Waals surface area contributed by atoms with Gasteiger partial charge in [-0.25, -0.2) is 0 Å². The Kier molecular flexibility index (Phi) is 9.02. The second-order valence-corrected chi connectivity index (χ2v) is 4.87. The van der Waals surface area contributed by atoms with Crippen molar-refractivity contribution in [2.75, 3.05) is 13.1 Å². The molecule has 98 valence electrons. The number of rotatable bonds is 1. The summed E-state index contributed by atoms with van der Waals surface area (Å²) >= 11 is 0. The molecule has 0 amide bonds. The zero-order valence-electron chi connectivity index (χ0n) is 12.4. The van der Waals surface area contributed by atoms with E-state index in [1.807, 2.05) is 27.7 Å². The van der Waals surface area contributed by atoms with Crippen LogP contribution in [-0.4, -0.2) is 24.0 Å². The molecular formula is C15H33N. The maximum atomic E-state index is 2.73. The number of piperidine rings is 1. The third-order valence-corrected chi connectivity index (χ3v) is 3.78. The van der Waals surface area contributed by atoms with Crippen LogP contribution in [-0.2, 0) is 0 Å². The molecule has 1 heteroatoms. The van der Waals surface area contributed by atoms with Crippen molar-refractivity contribution >= 4 is 0 Å². The summed E-state index contributed by atoms with van der Waals surface area (Å²) in [5, 5.41) is 0. The first kappa shape index (κ1) is 16.0. The van der Waals surface area contributed by atoms with Gasteiger partial charge in [0.05, 0.1) is 0 Å². The van der Waals surface area contributed by atoms with Crippen LogP contribution in [0.5, 0.6) is 0 Å². The fraction of sp³-hybridized carbons (Fsp3) is 1.00. The van der Waals surface area contributed by atoms with E-state index < -0.39 is 0 Å². The normalized spacial score (nSPS) is 28.7. The topological polar surface area (TPSA) is 3.24 Å². The van der Waals surface area contributed by atoms with Crippen molar-refractivity contribution < 1.29 is 0 Å². The van der Waals surface area contributed by atoms with Gasteiger partial charge in [0.25, 0.3) is 0 Å². The average molecular weight is 227 g/mol. The van der Waals surface area contributed by atoms with Crippen LogP contribution >= 0.6 is 0 Å². The first-order valence-electron chi connectivity index (χ1n) is 7.51. The SMILES string of the molecule is CC.CC.CC(C)C1CCC2CCCN2C1. The second-order valence-electron chi connectivity index (χ2n) is 4.87. The molecule has 0 aromatic carbocycles. The fourth-order valence-electron chi connectivity index (χ4n) is 2.81. The van der Waals surface area contributed by atoms with Crippen molar-refractivity contribution in [3.8, 4) is 0 Å². The minimum absolute atomic E-state index is 0.895. The van der Waals surface area contributed by atoms with E-state index >= 15 is 0 Å². The van der Waals surface area contributed by atoms with Gasteiger partial charge >= 0.3 is 0 Å². The number of hydrogen-bond acceptors (Lipinski definition) is 1. The van der Waals surface area contributed by atoms with Crippen molar-refractivity contribution in [1.29, 1.82) is 0 Å². The Labute approximate surface area is 104 Å². The van der Waals surface area contributed by atoms with Gasteiger partial charge in [-0.3, -0.25) is 0 Å². The van der Waals surface area contributed by atoms with Gasteiger partial charge in [0.1, 0.15) is 0 Å². The Bertz CT molecular complexity index is 154. The molecule has 2 atom stereocenters. The van der Waals surface area contributed by atoms with Crippen molar-refractivity contribution in [2.24, 2.45) is 11.8 Å². The molecule has 0 aliphatic carbocycles. The fourth-order valence-corrected chi connectivity index (χ4v) is 2.81. The minimum atomic E-state index is 0.895.